The van der Waals surface area contributed by atoms with Crippen LogP contribution in [0, 0.1) is 4.77 Å². The molecular weight excluding hydrogens is 226 g/mol. The van der Waals surface area contributed by atoms with E-state index in [1.54, 1.807) is 11.3 Å². The fourth-order valence-electron chi connectivity index (χ4n) is 1.66. The van der Waals surface area contributed by atoms with Gasteiger partial charge in [0.1, 0.15) is 5.01 Å². The lowest BCUT2D eigenvalue weighted by atomic mass is 10.3. The second-order valence-corrected chi connectivity index (χ2v) is 4.67. The second kappa shape index (κ2) is 4.28. The van der Waals surface area contributed by atoms with Crippen LogP contribution < -0.4 is 0 Å². The van der Waals surface area contributed by atoms with Crippen LogP contribution in [0.1, 0.15) is 30.6 Å². The molecule has 2 heterocycles. The maximum atomic E-state index is 5.27. The summed E-state index contributed by atoms with van der Waals surface area (Å²) in [6.45, 7) is 4.25. The Hall–Kier alpha value is -0.940. The third kappa shape index (κ3) is 1.89. The minimum absolute atomic E-state index is 0.221. The van der Waals surface area contributed by atoms with Crippen LogP contribution in [0.3, 0.4) is 0 Å². The minimum Gasteiger partial charge on any atom is -0.337 e. The van der Waals surface area contributed by atoms with Crippen LogP contribution >= 0.6 is 23.6 Å². The SMILES string of the molecule is CCc1c[nH]c(=S)n1C(C)c1nccs1. The van der Waals surface area contributed by atoms with Gasteiger partial charge in [-0.25, -0.2) is 4.98 Å². The molecule has 0 aliphatic carbocycles. The second-order valence-electron chi connectivity index (χ2n) is 3.36. The van der Waals surface area contributed by atoms with Gasteiger partial charge in [0.2, 0.25) is 0 Å². The Bertz CT molecular complexity index is 481. The quantitative estimate of drug-likeness (QED) is 0.835. The molecule has 2 aromatic rings. The highest BCUT2D eigenvalue weighted by Crippen LogP contribution is 2.22. The van der Waals surface area contributed by atoms with E-state index in [1.165, 1.54) is 5.69 Å². The van der Waals surface area contributed by atoms with Gasteiger partial charge in [-0.2, -0.15) is 0 Å². The van der Waals surface area contributed by atoms with E-state index in [4.69, 9.17) is 12.2 Å². The molecule has 0 spiro atoms. The molecule has 0 saturated carbocycles. The lowest BCUT2D eigenvalue weighted by Gasteiger charge is -2.13. The Balaban J connectivity index is 2.45. The standard InChI is InChI=1S/C10H13N3S2/c1-3-8-6-12-10(14)13(8)7(2)9-11-4-5-15-9/h4-7H,3H2,1-2H3,(H,12,14). The first-order chi connectivity index (χ1) is 7.24. The summed E-state index contributed by atoms with van der Waals surface area (Å²) in [5.41, 5.74) is 1.22. The van der Waals surface area contributed by atoms with Gasteiger partial charge in [-0.15, -0.1) is 11.3 Å². The van der Waals surface area contributed by atoms with Crippen molar-refractivity contribution in [3.8, 4) is 0 Å². The average Bonchev–Trinajstić information content (AvgIpc) is 2.85. The molecule has 0 amide bonds. The van der Waals surface area contributed by atoms with Gasteiger partial charge in [0.25, 0.3) is 0 Å². The van der Waals surface area contributed by atoms with Crippen LogP contribution in [-0.2, 0) is 6.42 Å². The molecule has 80 valence electrons. The van der Waals surface area contributed by atoms with Crippen LogP contribution in [0.5, 0.6) is 0 Å². The largest absolute Gasteiger partial charge is 0.337 e. The minimum atomic E-state index is 0.221. The van der Waals surface area contributed by atoms with Crippen LogP contribution in [0.25, 0.3) is 0 Å². The zero-order valence-corrected chi connectivity index (χ0v) is 10.4. The Morgan fingerprint density at radius 1 is 1.67 bits per heavy atom. The number of aromatic nitrogens is 3. The third-order valence-corrected chi connectivity index (χ3v) is 3.71. The van der Waals surface area contributed by atoms with Gasteiger partial charge >= 0.3 is 0 Å². The summed E-state index contributed by atoms with van der Waals surface area (Å²) in [7, 11) is 0. The van der Waals surface area contributed by atoms with E-state index in [1.807, 2.05) is 17.8 Å². The number of hydrogen-bond donors (Lipinski definition) is 1. The topological polar surface area (TPSA) is 33.6 Å². The van der Waals surface area contributed by atoms with Crippen molar-refractivity contribution >= 4 is 23.6 Å². The Morgan fingerprint density at radius 3 is 3.07 bits per heavy atom. The van der Waals surface area contributed by atoms with E-state index >= 15 is 0 Å². The summed E-state index contributed by atoms with van der Waals surface area (Å²) in [6, 6.07) is 0.221. The number of aromatic amines is 1. The van der Waals surface area contributed by atoms with Gasteiger partial charge in [-0.05, 0) is 25.6 Å². The van der Waals surface area contributed by atoms with E-state index in [0.717, 1.165) is 16.2 Å². The van der Waals surface area contributed by atoms with E-state index in [2.05, 4.69) is 28.4 Å². The number of imidazole rings is 1. The molecule has 15 heavy (non-hydrogen) atoms. The predicted octanol–water partition coefficient (Wildman–Crippen LogP) is 3.17. The van der Waals surface area contributed by atoms with E-state index < -0.39 is 0 Å². The maximum absolute atomic E-state index is 5.27. The van der Waals surface area contributed by atoms with Crippen molar-refractivity contribution in [3.63, 3.8) is 0 Å². The number of thiazole rings is 1. The van der Waals surface area contributed by atoms with Gasteiger partial charge in [0.05, 0.1) is 6.04 Å². The number of H-pyrrole nitrogens is 1. The van der Waals surface area contributed by atoms with Gasteiger partial charge in [-0.3, -0.25) is 0 Å². The van der Waals surface area contributed by atoms with Crippen molar-refractivity contribution in [2.45, 2.75) is 26.3 Å². The smallest absolute Gasteiger partial charge is 0.177 e. The molecule has 1 N–H and O–H groups in total. The predicted molar refractivity (Wildman–Crippen MR) is 64.9 cm³/mol. The molecule has 2 rings (SSSR count). The summed E-state index contributed by atoms with van der Waals surface area (Å²) in [6.07, 6.45) is 4.79. The fraction of sp³-hybridized carbons (Fsp3) is 0.400. The molecule has 0 saturated heterocycles. The van der Waals surface area contributed by atoms with E-state index in [0.29, 0.717) is 0 Å². The number of rotatable bonds is 3. The van der Waals surface area contributed by atoms with Crippen LogP contribution in [0.4, 0.5) is 0 Å². The molecule has 0 aromatic carbocycles. The molecule has 1 unspecified atom stereocenters. The first-order valence-corrected chi connectivity index (χ1v) is 6.21. The normalized spacial score (nSPS) is 12.9. The summed E-state index contributed by atoms with van der Waals surface area (Å²) < 4.78 is 2.91. The van der Waals surface area contributed by atoms with Crippen molar-refractivity contribution in [1.29, 1.82) is 0 Å². The number of nitrogens with zero attached hydrogens (tertiary/aromatic N) is 2. The first kappa shape index (κ1) is 10.6. The van der Waals surface area contributed by atoms with Crippen LogP contribution in [0.2, 0.25) is 0 Å². The van der Waals surface area contributed by atoms with Crippen LogP contribution in [-0.4, -0.2) is 14.5 Å². The molecule has 2 aromatic heterocycles. The van der Waals surface area contributed by atoms with E-state index in [9.17, 15) is 0 Å². The van der Waals surface area contributed by atoms with Gasteiger partial charge < -0.3 is 9.55 Å². The molecule has 0 radical (unpaired) electrons. The maximum Gasteiger partial charge on any atom is 0.177 e. The third-order valence-electron chi connectivity index (χ3n) is 2.45. The molecule has 5 heteroatoms. The molecule has 0 fully saturated rings. The molecule has 0 aliphatic heterocycles. The van der Waals surface area contributed by atoms with Gasteiger partial charge in [0, 0.05) is 23.5 Å². The van der Waals surface area contributed by atoms with E-state index in [-0.39, 0.29) is 6.04 Å². The fourth-order valence-corrected chi connectivity index (χ4v) is 2.68. The monoisotopic (exact) mass is 239 g/mol. The highest BCUT2D eigenvalue weighted by atomic mass is 32.1. The molecule has 1 atom stereocenters. The summed E-state index contributed by atoms with van der Waals surface area (Å²) in [5, 5.41) is 3.09. The van der Waals surface area contributed by atoms with Gasteiger partial charge in [0.15, 0.2) is 4.77 Å². The van der Waals surface area contributed by atoms with Crippen molar-refractivity contribution in [3.05, 3.63) is 33.2 Å². The van der Waals surface area contributed by atoms with Crippen molar-refractivity contribution in [2.24, 2.45) is 0 Å². The lowest BCUT2D eigenvalue weighted by molar-refractivity contribution is 0.600. The van der Waals surface area contributed by atoms with Crippen molar-refractivity contribution in [1.82, 2.24) is 14.5 Å². The molecule has 3 nitrogen and oxygen atoms in total. The average molecular weight is 239 g/mol. The molecule has 0 aliphatic rings. The van der Waals surface area contributed by atoms with Crippen LogP contribution in [0.15, 0.2) is 17.8 Å². The summed E-state index contributed by atoms with van der Waals surface area (Å²) in [4.78, 5) is 7.41. The Kier molecular flexibility index (Phi) is 3.02. The van der Waals surface area contributed by atoms with Gasteiger partial charge in [-0.1, -0.05) is 6.92 Å². The zero-order chi connectivity index (χ0) is 10.8. The lowest BCUT2D eigenvalue weighted by Crippen LogP contribution is -2.09. The Labute approximate surface area is 97.8 Å². The Morgan fingerprint density at radius 2 is 2.47 bits per heavy atom. The highest BCUT2D eigenvalue weighted by molar-refractivity contribution is 7.71. The highest BCUT2D eigenvalue weighted by Gasteiger charge is 2.13. The first-order valence-electron chi connectivity index (χ1n) is 4.92. The molecular formula is C10H13N3S2. The number of aryl methyl sites for hydroxylation is 1. The number of hydrogen-bond acceptors (Lipinski definition) is 3. The summed E-state index contributed by atoms with van der Waals surface area (Å²) >= 11 is 6.94. The van der Waals surface area contributed by atoms with Crippen molar-refractivity contribution in [2.75, 3.05) is 0 Å². The zero-order valence-electron chi connectivity index (χ0n) is 8.73. The summed E-state index contributed by atoms with van der Waals surface area (Å²) in [5.74, 6) is 0. The van der Waals surface area contributed by atoms with Crippen molar-refractivity contribution < 1.29 is 0 Å². The number of nitrogens with one attached hydrogen (secondary N) is 1. The molecule has 0 bridgehead atoms.